The van der Waals surface area contributed by atoms with Crippen LogP contribution >= 0.6 is 0 Å². The molecule has 0 aliphatic rings. The van der Waals surface area contributed by atoms with Gasteiger partial charge in [0.15, 0.2) is 0 Å². The van der Waals surface area contributed by atoms with Crippen LogP contribution < -0.4 is 5.32 Å². The van der Waals surface area contributed by atoms with Crippen LogP contribution in [0.2, 0.25) is 0 Å². The van der Waals surface area contributed by atoms with Crippen molar-refractivity contribution in [2.75, 3.05) is 11.9 Å². The molecule has 4 heteroatoms. The Bertz CT molecular complexity index is 576. The van der Waals surface area contributed by atoms with Gasteiger partial charge in [0, 0.05) is 12.2 Å². The molecule has 0 bridgehead atoms. The van der Waals surface area contributed by atoms with Gasteiger partial charge >= 0.3 is 6.18 Å². The van der Waals surface area contributed by atoms with Gasteiger partial charge in [-0.1, -0.05) is 30.3 Å². The molecule has 0 fully saturated rings. The van der Waals surface area contributed by atoms with Gasteiger partial charge in [0.2, 0.25) is 0 Å². The highest BCUT2D eigenvalue weighted by atomic mass is 19.4. The Kier molecular flexibility index (Phi) is 4.32. The molecule has 2 rings (SSSR count). The van der Waals surface area contributed by atoms with E-state index >= 15 is 0 Å². The second kappa shape index (κ2) is 5.99. The normalized spacial score (nSPS) is 11.4. The Morgan fingerprint density at radius 2 is 1.75 bits per heavy atom. The highest BCUT2D eigenvalue weighted by molar-refractivity contribution is 5.46. The van der Waals surface area contributed by atoms with Gasteiger partial charge in [-0.3, -0.25) is 0 Å². The van der Waals surface area contributed by atoms with E-state index in [0.717, 1.165) is 18.6 Å². The average Bonchev–Trinajstić information content (AvgIpc) is 2.40. The Hall–Kier alpha value is -1.97. The van der Waals surface area contributed by atoms with Crippen molar-refractivity contribution in [1.29, 1.82) is 0 Å². The monoisotopic (exact) mass is 279 g/mol. The fourth-order valence-corrected chi connectivity index (χ4v) is 2.04. The largest absolute Gasteiger partial charge is 0.416 e. The lowest BCUT2D eigenvalue weighted by molar-refractivity contribution is -0.137. The van der Waals surface area contributed by atoms with E-state index in [9.17, 15) is 13.2 Å². The third-order valence-corrected chi connectivity index (χ3v) is 3.17. The quantitative estimate of drug-likeness (QED) is 0.857. The summed E-state index contributed by atoms with van der Waals surface area (Å²) in [7, 11) is 0. The first-order valence-electron chi connectivity index (χ1n) is 6.42. The van der Waals surface area contributed by atoms with Gasteiger partial charge < -0.3 is 5.32 Å². The molecule has 0 heterocycles. The predicted molar refractivity (Wildman–Crippen MR) is 74.8 cm³/mol. The first kappa shape index (κ1) is 14.4. The molecule has 0 unspecified atom stereocenters. The third-order valence-electron chi connectivity index (χ3n) is 3.17. The van der Waals surface area contributed by atoms with Crippen LogP contribution in [0.1, 0.15) is 16.7 Å². The summed E-state index contributed by atoms with van der Waals surface area (Å²) in [5.41, 5.74) is 2.26. The van der Waals surface area contributed by atoms with Crippen LogP contribution in [0.3, 0.4) is 0 Å². The molecule has 0 aromatic heterocycles. The van der Waals surface area contributed by atoms with E-state index in [1.807, 2.05) is 31.2 Å². The predicted octanol–water partition coefficient (Wildman–Crippen LogP) is 4.67. The SMILES string of the molecule is Cc1ccccc1CCNc1cccc(C(F)(F)F)c1. The van der Waals surface area contributed by atoms with Crippen LogP contribution in [0.4, 0.5) is 18.9 Å². The summed E-state index contributed by atoms with van der Waals surface area (Å²) < 4.78 is 37.7. The topological polar surface area (TPSA) is 12.0 Å². The minimum atomic E-state index is -4.30. The van der Waals surface area contributed by atoms with Crippen molar-refractivity contribution < 1.29 is 13.2 Å². The van der Waals surface area contributed by atoms with Gasteiger partial charge in [0.1, 0.15) is 0 Å². The number of anilines is 1. The van der Waals surface area contributed by atoms with Gasteiger partial charge in [-0.15, -0.1) is 0 Å². The molecule has 1 N–H and O–H groups in total. The third kappa shape index (κ3) is 3.76. The van der Waals surface area contributed by atoms with E-state index in [0.29, 0.717) is 12.2 Å². The number of benzene rings is 2. The summed E-state index contributed by atoms with van der Waals surface area (Å²) in [4.78, 5) is 0. The molecule has 2 aromatic rings. The highest BCUT2D eigenvalue weighted by Crippen LogP contribution is 2.30. The summed E-state index contributed by atoms with van der Waals surface area (Å²) in [6, 6.07) is 13.3. The Morgan fingerprint density at radius 1 is 1.00 bits per heavy atom. The van der Waals surface area contributed by atoms with Crippen LogP contribution in [0.25, 0.3) is 0 Å². The average molecular weight is 279 g/mol. The molecule has 2 aromatic carbocycles. The van der Waals surface area contributed by atoms with Crippen molar-refractivity contribution in [2.45, 2.75) is 19.5 Å². The molecule has 0 saturated carbocycles. The number of alkyl halides is 3. The van der Waals surface area contributed by atoms with Gasteiger partial charge in [-0.2, -0.15) is 13.2 Å². The Balaban J connectivity index is 1.97. The zero-order chi connectivity index (χ0) is 14.6. The molecule has 0 aliphatic carbocycles. The molecular weight excluding hydrogens is 263 g/mol. The molecule has 0 spiro atoms. The van der Waals surface area contributed by atoms with Gasteiger partial charge in [0.05, 0.1) is 5.56 Å². The summed E-state index contributed by atoms with van der Waals surface area (Å²) in [5, 5.41) is 3.03. The first-order chi connectivity index (χ1) is 9.47. The molecular formula is C16H16F3N. The molecule has 0 saturated heterocycles. The Labute approximate surface area is 116 Å². The van der Waals surface area contributed by atoms with E-state index in [4.69, 9.17) is 0 Å². The lowest BCUT2D eigenvalue weighted by Crippen LogP contribution is -2.08. The molecule has 20 heavy (non-hydrogen) atoms. The summed E-state index contributed by atoms with van der Waals surface area (Å²) in [6.45, 7) is 2.63. The van der Waals surface area contributed by atoms with Gasteiger partial charge in [-0.05, 0) is 42.7 Å². The number of hydrogen-bond donors (Lipinski definition) is 1. The van der Waals surface area contributed by atoms with E-state index in [-0.39, 0.29) is 0 Å². The van der Waals surface area contributed by atoms with E-state index in [1.54, 1.807) is 6.07 Å². The first-order valence-corrected chi connectivity index (χ1v) is 6.42. The van der Waals surface area contributed by atoms with Crippen molar-refractivity contribution in [3.8, 4) is 0 Å². The van der Waals surface area contributed by atoms with Crippen molar-refractivity contribution >= 4 is 5.69 Å². The van der Waals surface area contributed by atoms with Crippen molar-refractivity contribution in [3.05, 3.63) is 65.2 Å². The standard InChI is InChI=1S/C16H16F3N/c1-12-5-2-3-6-13(12)9-10-20-15-8-4-7-14(11-15)16(17,18)19/h2-8,11,20H,9-10H2,1H3. The fourth-order valence-electron chi connectivity index (χ4n) is 2.04. The maximum absolute atomic E-state index is 12.6. The molecule has 0 radical (unpaired) electrons. The second-order valence-electron chi connectivity index (χ2n) is 4.68. The lowest BCUT2D eigenvalue weighted by atomic mass is 10.1. The fraction of sp³-hybridized carbons (Fsp3) is 0.250. The molecule has 0 aliphatic heterocycles. The van der Waals surface area contributed by atoms with Crippen molar-refractivity contribution in [3.63, 3.8) is 0 Å². The molecule has 1 nitrogen and oxygen atoms in total. The van der Waals surface area contributed by atoms with Crippen molar-refractivity contribution in [2.24, 2.45) is 0 Å². The van der Waals surface area contributed by atoms with E-state index in [2.05, 4.69) is 5.32 Å². The van der Waals surface area contributed by atoms with Crippen LogP contribution in [0.5, 0.6) is 0 Å². The Morgan fingerprint density at radius 3 is 2.45 bits per heavy atom. The van der Waals surface area contributed by atoms with E-state index in [1.165, 1.54) is 17.2 Å². The maximum atomic E-state index is 12.6. The van der Waals surface area contributed by atoms with Gasteiger partial charge in [0.25, 0.3) is 0 Å². The number of hydrogen-bond acceptors (Lipinski definition) is 1. The lowest BCUT2D eigenvalue weighted by Gasteiger charge is -2.11. The molecule has 0 amide bonds. The number of nitrogens with one attached hydrogen (secondary N) is 1. The summed E-state index contributed by atoms with van der Waals surface area (Å²) in [6.07, 6.45) is -3.52. The minimum Gasteiger partial charge on any atom is -0.385 e. The highest BCUT2D eigenvalue weighted by Gasteiger charge is 2.30. The van der Waals surface area contributed by atoms with Crippen LogP contribution in [-0.2, 0) is 12.6 Å². The van der Waals surface area contributed by atoms with Crippen LogP contribution in [0, 0.1) is 6.92 Å². The van der Waals surface area contributed by atoms with Crippen molar-refractivity contribution in [1.82, 2.24) is 0 Å². The zero-order valence-electron chi connectivity index (χ0n) is 11.2. The molecule has 106 valence electrons. The summed E-state index contributed by atoms with van der Waals surface area (Å²) in [5.74, 6) is 0. The summed E-state index contributed by atoms with van der Waals surface area (Å²) >= 11 is 0. The van der Waals surface area contributed by atoms with E-state index < -0.39 is 11.7 Å². The second-order valence-corrected chi connectivity index (χ2v) is 4.68. The van der Waals surface area contributed by atoms with Crippen LogP contribution in [-0.4, -0.2) is 6.54 Å². The van der Waals surface area contributed by atoms with Gasteiger partial charge in [-0.25, -0.2) is 0 Å². The zero-order valence-corrected chi connectivity index (χ0v) is 11.2. The smallest absolute Gasteiger partial charge is 0.385 e. The maximum Gasteiger partial charge on any atom is 0.416 e. The minimum absolute atomic E-state index is 0.494. The van der Waals surface area contributed by atoms with Crippen LogP contribution in [0.15, 0.2) is 48.5 Å². The number of halogens is 3. The number of rotatable bonds is 4. The molecule has 0 atom stereocenters. The number of aryl methyl sites for hydroxylation is 1.